The molecule has 1 heterocycles. The average Bonchev–Trinajstić information content (AvgIpc) is 2.32. The van der Waals surface area contributed by atoms with Gasteiger partial charge < -0.3 is 5.11 Å². The van der Waals surface area contributed by atoms with Gasteiger partial charge in [0.25, 0.3) is 0 Å². The first-order valence-electron chi connectivity index (χ1n) is 5.30. The number of hydrogen-bond donors (Lipinski definition) is 1. The molecular weight excluding hydrogens is 321 g/mol. The normalized spacial score (nSPS) is 12.4. The lowest BCUT2D eigenvalue weighted by Crippen LogP contribution is -2.06. The summed E-state index contributed by atoms with van der Waals surface area (Å²) in [5, 5.41) is 10.3. The van der Waals surface area contributed by atoms with E-state index in [1.54, 1.807) is 18.3 Å². The third-order valence-electron chi connectivity index (χ3n) is 2.52. The zero-order chi connectivity index (χ0) is 13.1. The predicted octanol–water partition coefficient (Wildman–Crippen LogP) is 3.91. The van der Waals surface area contributed by atoms with Gasteiger partial charge in [0.05, 0.1) is 6.10 Å². The Morgan fingerprint density at radius 2 is 2.11 bits per heavy atom. The molecule has 2 nitrogen and oxygen atoms in total. The first-order valence-corrected chi connectivity index (χ1v) is 6.47. The van der Waals surface area contributed by atoms with Gasteiger partial charge in [0.15, 0.2) is 0 Å². The van der Waals surface area contributed by atoms with E-state index in [0.717, 1.165) is 4.47 Å². The maximum absolute atomic E-state index is 13.6. The standard InChI is InChI=1S/C13H10BrClFNO/c14-8-4-5-9(17-7-8)6-12(18)13-10(15)2-1-3-11(13)16/h1-5,7,12,18H,6H2. The van der Waals surface area contributed by atoms with E-state index in [1.807, 2.05) is 6.07 Å². The van der Waals surface area contributed by atoms with Crippen LogP contribution in [0.2, 0.25) is 5.02 Å². The second-order valence-electron chi connectivity index (χ2n) is 3.82. The van der Waals surface area contributed by atoms with Crippen LogP contribution in [0.4, 0.5) is 4.39 Å². The van der Waals surface area contributed by atoms with Crippen molar-refractivity contribution in [1.82, 2.24) is 4.98 Å². The van der Waals surface area contributed by atoms with Crippen molar-refractivity contribution in [3.63, 3.8) is 0 Å². The molecule has 0 spiro atoms. The molecule has 0 aliphatic rings. The molecule has 1 aromatic heterocycles. The SMILES string of the molecule is OC(Cc1ccc(Br)cn1)c1c(F)cccc1Cl. The van der Waals surface area contributed by atoms with Crippen LogP contribution in [-0.4, -0.2) is 10.1 Å². The van der Waals surface area contributed by atoms with Crippen LogP contribution in [0, 0.1) is 5.82 Å². The highest BCUT2D eigenvalue weighted by Gasteiger charge is 2.17. The van der Waals surface area contributed by atoms with Crippen LogP contribution in [0.5, 0.6) is 0 Å². The maximum Gasteiger partial charge on any atom is 0.130 e. The van der Waals surface area contributed by atoms with Crippen molar-refractivity contribution in [1.29, 1.82) is 0 Å². The molecule has 2 aromatic rings. The van der Waals surface area contributed by atoms with Crippen molar-refractivity contribution >= 4 is 27.5 Å². The lowest BCUT2D eigenvalue weighted by atomic mass is 10.0. The topological polar surface area (TPSA) is 33.1 Å². The van der Waals surface area contributed by atoms with Gasteiger partial charge in [-0.1, -0.05) is 17.7 Å². The number of benzene rings is 1. The molecule has 0 saturated heterocycles. The first-order chi connectivity index (χ1) is 8.58. The zero-order valence-corrected chi connectivity index (χ0v) is 11.6. The fourth-order valence-corrected chi connectivity index (χ4v) is 2.18. The van der Waals surface area contributed by atoms with Gasteiger partial charge in [-0.3, -0.25) is 4.98 Å². The number of aliphatic hydroxyl groups excluding tert-OH is 1. The number of hydrogen-bond acceptors (Lipinski definition) is 2. The largest absolute Gasteiger partial charge is 0.388 e. The van der Waals surface area contributed by atoms with Crippen molar-refractivity contribution in [2.45, 2.75) is 12.5 Å². The van der Waals surface area contributed by atoms with E-state index < -0.39 is 11.9 Å². The van der Waals surface area contributed by atoms with Crippen LogP contribution in [0.1, 0.15) is 17.4 Å². The average molecular weight is 331 g/mol. The molecule has 0 bridgehead atoms. The van der Waals surface area contributed by atoms with Gasteiger partial charge in [-0.2, -0.15) is 0 Å². The fraction of sp³-hybridized carbons (Fsp3) is 0.154. The van der Waals surface area contributed by atoms with Gasteiger partial charge in [0, 0.05) is 33.4 Å². The quantitative estimate of drug-likeness (QED) is 0.925. The van der Waals surface area contributed by atoms with Gasteiger partial charge in [0.2, 0.25) is 0 Å². The molecule has 5 heteroatoms. The highest BCUT2D eigenvalue weighted by atomic mass is 79.9. The Hall–Kier alpha value is -0.970. The van der Waals surface area contributed by atoms with E-state index in [1.165, 1.54) is 12.1 Å². The summed E-state index contributed by atoms with van der Waals surface area (Å²) in [5.74, 6) is -0.507. The summed E-state index contributed by atoms with van der Waals surface area (Å²) in [6.45, 7) is 0. The van der Waals surface area contributed by atoms with Crippen molar-refractivity contribution in [2.75, 3.05) is 0 Å². The lowest BCUT2D eigenvalue weighted by molar-refractivity contribution is 0.172. The van der Waals surface area contributed by atoms with E-state index in [0.29, 0.717) is 5.69 Å². The molecule has 0 amide bonds. The van der Waals surface area contributed by atoms with Gasteiger partial charge >= 0.3 is 0 Å². The minimum atomic E-state index is -1.01. The molecule has 0 saturated carbocycles. The van der Waals surface area contributed by atoms with Gasteiger partial charge in [-0.25, -0.2) is 4.39 Å². The van der Waals surface area contributed by atoms with Crippen molar-refractivity contribution in [3.05, 3.63) is 63.1 Å². The van der Waals surface area contributed by atoms with Crippen LogP contribution in [0.3, 0.4) is 0 Å². The fourth-order valence-electron chi connectivity index (χ4n) is 1.66. The Labute approximate surface area is 118 Å². The van der Waals surface area contributed by atoms with Crippen LogP contribution >= 0.6 is 27.5 Å². The summed E-state index contributed by atoms with van der Waals surface area (Å²) in [5.41, 5.74) is 0.786. The Morgan fingerprint density at radius 3 is 2.72 bits per heavy atom. The number of aromatic nitrogens is 1. The minimum absolute atomic E-state index is 0.115. The third kappa shape index (κ3) is 3.07. The summed E-state index contributed by atoms with van der Waals surface area (Å²) < 4.78 is 14.4. The highest BCUT2D eigenvalue weighted by molar-refractivity contribution is 9.10. The van der Waals surface area contributed by atoms with Gasteiger partial charge in [-0.05, 0) is 40.2 Å². The lowest BCUT2D eigenvalue weighted by Gasteiger charge is -2.13. The molecule has 2 rings (SSSR count). The first kappa shape index (κ1) is 13.5. The summed E-state index contributed by atoms with van der Waals surface area (Å²) in [7, 11) is 0. The zero-order valence-electron chi connectivity index (χ0n) is 9.28. The van der Waals surface area contributed by atoms with E-state index in [9.17, 15) is 9.50 Å². The smallest absolute Gasteiger partial charge is 0.130 e. The molecule has 0 aliphatic heterocycles. The summed E-state index contributed by atoms with van der Waals surface area (Å²) in [6, 6.07) is 7.92. The maximum atomic E-state index is 13.6. The van der Waals surface area contributed by atoms with E-state index in [2.05, 4.69) is 20.9 Å². The molecule has 1 N–H and O–H groups in total. The number of aliphatic hydroxyl groups is 1. The van der Waals surface area contributed by atoms with Crippen LogP contribution in [-0.2, 0) is 6.42 Å². The predicted molar refractivity (Wildman–Crippen MR) is 72.0 cm³/mol. The second kappa shape index (κ2) is 5.78. The Kier molecular flexibility index (Phi) is 4.32. The van der Waals surface area contributed by atoms with E-state index >= 15 is 0 Å². The Balaban J connectivity index is 2.22. The third-order valence-corrected chi connectivity index (χ3v) is 3.32. The molecule has 0 fully saturated rings. The Morgan fingerprint density at radius 1 is 1.33 bits per heavy atom. The van der Waals surface area contributed by atoms with Crippen molar-refractivity contribution < 1.29 is 9.50 Å². The number of rotatable bonds is 3. The van der Waals surface area contributed by atoms with Crippen molar-refractivity contribution in [2.24, 2.45) is 0 Å². The summed E-state index contributed by atoms with van der Waals surface area (Å²) in [4.78, 5) is 4.13. The summed E-state index contributed by atoms with van der Waals surface area (Å²) in [6.07, 6.45) is 0.839. The number of pyridine rings is 1. The molecule has 1 aromatic carbocycles. The molecule has 0 aliphatic carbocycles. The number of halogens is 3. The van der Waals surface area contributed by atoms with Crippen LogP contribution in [0.25, 0.3) is 0 Å². The monoisotopic (exact) mass is 329 g/mol. The summed E-state index contributed by atoms with van der Waals surface area (Å²) >= 11 is 9.16. The molecular formula is C13H10BrClFNO. The van der Waals surface area contributed by atoms with Crippen molar-refractivity contribution in [3.8, 4) is 0 Å². The second-order valence-corrected chi connectivity index (χ2v) is 5.15. The Bertz CT molecular complexity index is 527. The number of nitrogens with zero attached hydrogens (tertiary/aromatic N) is 1. The highest BCUT2D eigenvalue weighted by Crippen LogP contribution is 2.27. The molecule has 94 valence electrons. The van der Waals surface area contributed by atoms with E-state index in [4.69, 9.17) is 11.6 Å². The van der Waals surface area contributed by atoms with Gasteiger partial charge in [0.1, 0.15) is 5.82 Å². The molecule has 1 unspecified atom stereocenters. The molecule has 18 heavy (non-hydrogen) atoms. The van der Waals surface area contributed by atoms with E-state index in [-0.39, 0.29) is 17.0 Å². The van der Waals surface area contributed by atoms with Gasteiger partial charge in [-0.15, -0.1) is 0 Å². The molecule has 0 radical (unpaired) electrons. The molecule has 1 atom stereocenters. The van der Waals surface area contributed by atoms with Crippen LogP contribution < -0.4 is 0 Å². The minimum Gasteiger partial charge on any atom is -0.388 e. The van der Waals surface area contributed by atoms with Crippen LogP contribution in [0.15, 0.2) is 41.0 Å².